The minimum Gasteiger partial charge on any atom is -0.484 e. The Hall–Kier alpha value is -3.07. The molecule has 0 amide bonds. The van der Waals surface area contributed by atoms with Crippen LogP contribution in [0.15, 0.2) is 18.2 Å². The zero-order valence-electron chi connectivity index (χ0n) is 21.2. The second kappa shape index (κ2) is 10.1. The SMILES string of the molecule is CC1(Oc2cc(C(=O)OC3C4CC5C3OC(=O)C5C4C(=O)OCCS(=O)(=O)O)ccc2OC(F)(F)F)CCCC1. The Balaban J connectivity index is 1.34. The highest BCUT2D eigenvalue weighted by molar-refractivity contribution is 7.85. The quantitative estimate of drug-likeness (QED) is 0.256. The summed E-state index contributed by atoms with van der Waals surface area (Å²) in [7, 11) is -4.38. The summed E-state index contributed by atoms with van der Waals surface area (Å²) in [4.78, 5) is 38.4. The van der Waals surface area contributed by atoms with Gasteiger partial charge in [-0.3, -0.25) is 14.1 Å². The largest absolute Gasteiger partial charge is 0.573 e. The molecular formula is C25H27F3O11S. The molecule has 15 heteroatoms. The number of carbonyl (C=O) groups is 3. The molecule has 3 saturated carbocycles. The molecule has 40 heavy (non-hydrogen) atoms. The lowest BCUT2D eigenvalue weighted by Gasteiger charge is -2.30. The van der Waals surface area contributed by atoms with Crippen LogP contribution < -0.4 is 9.47 Å². The van der Waals surface area contributed by atoms with Gasteiger partial charge >= 0.3 is 24.3 Å². The third-order valence-corrected chi connectivity index (χ3v) is 8.75. The maximum Gasteiger partial charge on any atom is 0.573 e. The molecule has 0 radical (unpaired) electrons. The van der Waals surface area contributed by atoms with Crippen molar-refractivity contribution >= 4 is 28.0 Å². The van der Waals surface area contributed by atoms with E-state index in [4.69, 9.17) is 23.5 Å². The van der Waals surface area contributed by atoms with Gasteiger partial charge in [-0.25, -0.2) is 4.79 Å². The van der Waals surface area contributed by atoms with Crippen molar-refractivity contribution in [2.45, 2.75) is 63.2 Å². The Morgan fingerprint density at radius 3 is 2.50 bits per heavy atom. The monoisotopic (exact) mass is 592 g/mol. The highest BCUT2D eigenvalue weighted by Crippen LogP contribution is 2.59. The molecule has 4 aliphatic rings. The summed E-state index contributed by atoms with van der Waals surface area (Å²) in [6.45, 7) is 1.13. The molecule has 1 aliphatic heterocycles. The molecule has 1 aromatic rings. The second-order valence-electron chi connectivity index (χ2n) is 10.8. The van der Waals surface area contributed by atoms with Crippen molar-refractivity contribution in [1.82, 2.24) is 0 Å². The van der Waals surface area contributed by atoms with E-state index in [0.29, 0.717) is 19.3 Å². The topological polar surface area (TPSA) is 152 Å². The average Bonchev–Trinajstić information content (AvgIpc) is 3.56. The zero-order valence-corrected chi connectivity index (χ0v) is 22.0. The van der Waals surface area contributed by atoms with Crippen LogP contribution >= 0.6 is 0 Å². The van der Waals surface area contributed by atoms with Gasteiger partial charge in [-0.15, -0.1) is 13.2 Å². The molecule has 2 bridgehead atoms. The average molecular weight is 593 g/mol. The number of alkyl halides is 3. The number of ether oxygens (including phenoxy) is 5. The van der Waals surface area contributed by atoms with Crippen molar-refractivity contribution < 1.29 is 64.2 Å². The van der Waals surface area contributed by atoms with E-state index >= 15 is 0 Å². The van der Waals surface area contributed by atoms with E-state index < -0.39 is 94.0 Å². The van der Waals surface area contributed by atoms with E-state index in [1.54, 1.807) is 6.92 Å². The van der Waals surface area contributed by atoms with Crippen LogP contribution in [0.3, 0.4) is 0 Å². The first-order valence-corrected chi connectivity index (χ1v) is 14.4. The molecule has 6 unspecified atom stereocenters. The molecule has 1 saturated heterocycles. The minimum atomic E-state index is -4.99. The summed E-state index contributed by atoms with van der Waals surface area (Å²) in [5.41, 5.74) is -0.880. The molecule has 5 rings (SSSR count). The van der Waals surface area contributed by atoms with Crippen LogP contribution in [0.1, 0.15) is 49.4 Å². The summed E-state index contributed by atoms with van der Waals surface area (Å²) in [5.74, 6) is -7.20. The van der Waals surface area contributed by atoms with Crippen molar-refractivity contribution in [2.24, 2.45) is 23.7 Å². The molecule has 11 nitrogen and oxygen atoms in total. The zero-order chi connectivity index (χ0) is 29.0. The third-order valence-electron chi connectivity index (χ3n) is 8.07. The van der Waals surface area contributed by atoms with Crippen LogP contribution in [0.4, 0.5) is 13.2 Å². The summed E-state index contributed by atoms with van der Waals surface area (Å²) < 4.78 is 95.8. The predicted molar refractivity (Wildman–Crippen MR) is 126 cm³/mol. The van der Waals surface area contributed by atoms with Crippen LogP contribution in [-0.4, -0.2) is 67.4 Å². The number of halogens is 3. The Morgan fingerprint density at radius 1 is 1.15 bits per heavy atom. The van der Waals surface area contributed by atoms with Gasteiger partial charge in [0.25, 0.3) is 10.1 Å². The fourth-order valence-electron chi connectivity index (χ4n) is 6.42. The summed E-state index contributed by atoms with van der Waals surface area (Å²) >= 11 is 0. The number of esters is 3. The molecular weight excluding hydrogens is 565 g/mol. The lowest BCUT2D eigenvalue weighted by molar-refractivity contribution is -0.275. The number of fused-ring (bicyclic) bond motifs is 1. The van der Waals surface area contributed by atoms with E-state index in [9.17, 15) is 36.0 Å². The molecule has 0 aromatic heterocycles. The molecule has 1 aromatic carbocycles. The first-order chi connectivity index (χ1) is 18.6. The summed E-state index contributed by atoms with van der Waals surface area (Å²) in [6, 6.07) is 3.15. The van der Waals surface area contributed by atoms with Gasteiger partial charge in [0, 0.05) is 11.8 Å². The Morgan fingerprint density at radius 2 is 1.85 bits per heavy atom. The summed E-state index contributed by atoms with van der Waals surface area (Å²) in [6.07, 6.45) is -3.66. The molecule has 220 valence electrons. The highest BCUT2D eigenvalue weighted by Gasteiger charge is 2.70. The first-order valence-electron chi connectivity index (χ1n) is 12.8. The normalized spacial score (nSPS) is 30.2. The van der Waals surface area contributed by atoms with Crippen molar-refractivity contribution in [3.05, 3.63) is 23.8 Å². The van der Waals surface area contributed by atoms with Crippen molar-refractivity contribution in [3.63, 3.8) is 0 Å². The van der Waals surface area contributed by atoms with Crippen molar-refractivity contribution in [3.8, 4) is 11.5 Å². The summed E-state index contributed by atoms with van der Waals surface area (Å²) in [5, 5.41) is 0. The Bertz CT molecular complexity index is 1310. The van der Waals surface area contributed by atoms with Crippen LogP contribution in [0, 0.1) is 23.7 Å². The fourth-order valence-corrected chi connectivity index (χ4v) is 6.71. The highest BCUT2D eigenvalue weighted by atomic mass is 32.2. The number of carbonyl (C=O) groups excluding carboxylic acids is 3. The predicted octanol–water partition coefficient (Wildman–Crippen LogP) is 3.06. The van der Waals surface area contributed by atoms with Crippen LogP contribution in [0.2, 0.25) is 0 Å². The van der Waals surface area contributed by atoms with Crippen molar-refractivity contribution in [2.75, 3.05) is 12.4 Å². The maximum atomic E-state index is 13.2. The van der Waals surface area contributed by atoms with E-state index in [1.807, 2.05) is 0 Å². The van der Waals surface area contributed by atoms with Gasteiger partial charge in [0.15, 0.2) is 11.5 Å². The fraction of sp³-hybridized carbons (Fsp3) is 0.640. The number of hydrogen-bond donors (Lipinski definition) is 1. The van der Waals surface area contributed by atoms with Gasteiger partial charge in [0.05, 0.1) is 17.4 Å². The number of rotatable bonds is 9. The molecule has 1 heterocycles. The first kappa shape index (κ1) is 28.5. The van der Waals surface area contributed by atoms with Gasteiger partial charge in [-0.1, -0.05) is 0 Å². The Labute approximate surface area is 227 Å². The lowest BCUT2D eigenvalue weighted by atomic mass is 9.78. The van der Waals surface area contributed by atoms with Crippen molar-refractivity contribution in [1.29, 1.82) is 0 Å². The van der Waals surface area contributed by atoms with Gasteiger partial charge in [-0.05, 0) is 57.2 Å². The maximum absolute atomic E-state index is 13.2. The van der Waals surface area contributed by atoms with E-state index in [1.165, 1.54) is 0 Å². The molecule has 4 fully saturated rings. The number of benzene rings is 1. The Kier molecular flexibility index (Phi) is 7.18. The second-order valence-corrected chi connectivity index (χ2v) is 12.4. The molecule has 6 atom stereocenters. The molecule has 0 spiro atoms. The van der Waals surface area contributed by atoms with E-state index in [-0.39, 0.29) is 11.3 Å². The number of hydrogen-bond acceptors (Lipinski definition) is 10. The van der Waals surface area contributed by atoms with Gasteiger partial charge < -0.3 is 23.7 Å². The molecule has 1 N–H and O–H groups in total. The van der Waals surface area contributed by atoms with E-state index in [0.717, 1.165) is 31.0 Å². The van der Waals surface area contributed by atoms with E-state index in [2.05, 4.69) is 4.74 Å². The van der Waals surface area contributed by atoms with Crippen LogP contribution in [-0.2, 0) is 33.9 Å². The minimum absolute atomic E-state index is 0.137. The lowest BCUT2D eigenvalue weighted by Crippen LogP contribution is -2.44. The molecule has 3 aliphatic carbocycles. The van der Waals surface area contributed by atoms with Crippen LogP contribution in [0.5, 0.6) is 11.5 Å². The third kappa shape index (κ3) is 5.71. The smallest absolute Gasteiger partial charge is 0.484 e. The van der Waals surface area contributed by atoms with Crippen LogP contribution in [0.25, 0.3) is 0 Å². The van der Waals surface area contributed by atoms with Gasteiger partial charge in [0.2, 0.25) is 0 Å². The standard InChI is InChI=1S/C25H27F3O11S/c1-24(6-2-3-7-24)38-16-10-12(4-5-15(16)39-25(26,27)28)21(29)36-19-13-11-14-18(23(31)37-20(14)19)17(13)22(30)35-8-9-40(32,33)34/h4-5,10,13-14,17-20H,2-3,6-9,11H2,1H3,(H,32,33,34). The van der Waals surface area contributed by atoms with Gasteiger partial charge in [-0.2, -0.15) is 8.42 Å². The van der Waals surface area contributed by atoms with Gasteiger partial charge in [0.1, 0.15) is 30.2 Å².